The molecule has 1 aromatic carbocycles. The van der Waals surface area contributed by atoms with Crippen LogP contribution in [0.3, 0.4) is 0 Å². The molecule has 98 valence electrons. The molecule has 1 unspecified atom stereocenters. The summed E-state index contributed by atoms with van der Waals surface area (Å²) >= 11 is 0. The van der Waals surface area contributed by atoms with Gasteiger partial charge in [0, 0.05) is 12.6 Å². The normalized spacial score (nSPS) is 30.1. The van der Waals surface area contributed by atoms with Crippen LogP contribution < -0.4 is 0 Å². The summed E-state index contributed by atoms with van der Waals surface area (Å²) in [6.45, 7) is 3.99. The molecule has 0 saturated carbocycles. The number of ether oxygens (including phenoxy) is 1. The van der Waals surface area contributed by atoms with E-state index in [2.05, 4.69) is 47.2 Å². The fraction of sp³-hybridized carbons (Fsp3) is 0.600. The molecule has 2 saturated heterocycles. The van der Waals surface area contributed by atoms with E-state index in [4.69, 9.17) is 4.74 Å². The van der Waals surface area contributed by atoms with Gasteiger partial charge in [0.2, 0.25) is 0 Å². The Morgan fingerprint density at radius 1 is 1.22 bits per heavy atom. The van der Waals surface area contributed by atoms with Crippen molar-refractivity contribution in [2.24, 2.45) is 0 Å². The van der Waals surface area contributed by atoms with Gasteiger partial charge < -0.3 is 4.74 Å². The monoisotopic (exact) mass is 246 g/mol. The minimum atomic E-state index is 0.580. The molecule has 0 amide bonds. The highest BCUT2D eigenvalue weighted by atomic mass is 16.5. The molecule has 3 nitrogen and oxygen atoms in total. The Hall–Kier alpha value is -0.900. The zero-order chi connectivity index (χ0) is 12.4. The molecule has 2 aliphatic heterocycles. The topological polar surface area (TPSA) is 15.7 Å². The first-order valence-corrected chi connectivity index (χ1v) is 6.90. The lowest BCUT2D eigenvalue weighted by atomic mass is 10.1. The van der Waals surface area contributed by atoms with Crippen molar-refractivity contribution in [3.05, 3.63) is 35.9 Å². The molecule has 3 heteroatoms. The summed E-state index contributed by atoms with van der Waals surface area (Å²) in [6.07, 6.45) is 2.63. The Balaban J connectivity index is 1.68. The Kier molecular flexibility index (Phi) is 3.64. The second-order valence-corrected chi connectivity index (χ2v) is 5.49. The summed E-state index contributed by atoms with van der Waals surface area (Å²) < 4.78 is 5.58. The van der Waals surface area contributed by atoms with Gasteiger partial charge in [-0.1, -0.05) is 30.3 Å². The van der Waals surface area contributed by atoms with Crippen LogP contribution in [0.5, 0.6) is 0 Å². The smallest absolute Gasteiger partial charge is 0.0992 e. The van der Waals surface area contributed by atoms with Crippen LogP contribution in [0.25, 0.3) is 0 Å². The van der Waals surface area contributed by atoms with Gasteiger partial charge in [-0.3, -0.25) is 9.80 Å². The molecule has 18 heavy (non-hydrogen) atoms. The number of nitrogens with zero attached hydrogens (tertiary/aromatic N) is 2. The molecule has 1 aromatic rings. The van der Waals surface area contributed by atoms with Crippen molar-refractivity contribution in [3.8, 4) is 0 Å². The van der Waals surface area contributed by atoms with Crippen LogP contribution in [0.4, 0.5) is 0 Å². The van der Waals surface area contributed by atoms with Gasteiger partial charge >= 0.3 is 0 Å². The molecular formula is C15H22N2O. The van der Waals surface area contributed by atoms with E-state index in [1.807, 2.05) is 0 Å². The van der Waals surface area contributed by atoms with Crippen LogP contribution in [0.2, 0.25) is 0 Å². The second-order valence-electron chi connectivity index (χ2n) is 5.49. The molecule has 0 bridgehead atoms. The molecule has 2 heterocycles. The third kappa shape index (κ3) is 2.44. The van der Waals surface area contributed by atoms with Gasteiger partial charge in [0.25, 0.3) is 0 Å². The largest absolute Gasteiger partial charge is 0.364 e. The molecular weight excluding hydrogens is 224 g/mol. The van der Waals surface area contributed by atoms with Gasteiger partial charge in [0.05, 0.1) is 19.4 Å². The number of hydrogen-bond acceptors (Lipinski definition) is 3. The summed E-state index contributed by atoms with van der Waals surface area (Å²) in [4.78, 5) is 4.99. The van der Waals surface area contributed by atoms with Crippen LogP contribution in [-0.4, -0.2) is 48.8 Å². The Morgan fingerprint density at radius 2 is 2.06 bits per heavy atom. The maximum atomic E-state index is 5.58. The molecule has 0 spiro atoms. The average Bonchev–Trinajstić information content (AvgIpc) is 2.99. The summed E-state index contributed by atoms with van der Waals surface area (Å²) in [5, 5.41) is 0. The SMILES string of the molecule is CN1COCC1[C@H]1CCCN1Cc1ccccc1. The van der Waals surface area contributed by atoms with Crippen molar-refractivity contribution in [1.82, 2.24) is 9.80 Å². The summed E-state index contributed by atoms with van der Waals surface area (Å²) in [6, 6.07) is 12.0. The van der Waals surface area contributed by atoms with Gasteiger partial charge in [-0.2, -0.15) is 0 Å². The van der Waals surface area contributed by atoms with E-state index in [9.17, 15) is 0 Å². The molecule has 0 N–H and O–H groups in total. The lowest BCUT2D eigenvalue weighted by Gasteiger charge is -2.31. The Bertz CT molecular complexity index is 381. The average molecular weight is 246 g/mol. The van der Waals surface area contributed by atoms with Crippen molar-refractivity contribution in [2.45, 2.75) is 31.5 Å². The van der Waals surface area contributed by atoms with Crippen LogP contribution in [0.1, 0.15) is 18.4 Å². The number of benzene rings is 1. The number of rotatable bonds is 3. The predicted octanol–water partition coefficient (Wildman–Crippen LogP) is 1.94. The fourth-order valence-electron chi connectivity index (χ4n) is 3.25. The Labute approximate surface area is 109 Å². The van der Waals surface area contributed by atoms with Gasteiger partial charge in [-0.05, 0) is 32.0 Å². The summed E-state index contributed by atoms with van der Waals surface area (Å²) in [5.74, 6) is 0. The third-order valence-corrected chi connectivity index (χ3v) is 4.24. The van der Waals surface area contributed by atoms with E-state index in [1.54, 1.807) is 0 Å². The molecule has 0 radical (unpaired) electrons. The highest BCUT2D eigenvalue weighted by Crippen LogP contribution is 2.26. The molecule has 2 aliphatic rings. The molecule has 0 aliphatic carbocycles. The van der Waals surface area contributed by atoms with Gasteiger partial charge in [-0.25, -0.2) is 0 Å². The van der Waals surface area contributed by atoms with E-state index in [0.717, 1.165) is 19.9 Å². The highest BCUT2D eigenvalue weighted by Gasteiger charge is 2.36. The Morgan fingerprint density at radius 3 is 2.78 bits per heavy atom. The van der Waals surface area contributed by atoms with Crippen LogP contribution in [0.15, 0.2) is 30.3 Å². The quantitative estimate of drug-likeness (QED) is 0.810. The minimum Gasteiger partial charge on any atom is -0.364 e. The van der Waals surface area contributed by atoms with E-state index >= 15 is 0 Å². The van der Waals surface area contributed by atoms with Crippen molar-refractivity contribution in [2.75, 3.05) is 26.9 Å². The van der Waals surface area contributed by atoms with E-state index in [1.165, 1.54) is 24.9 Å². The van der Waals surface area contributed by atoms with E-state index in [-0.39, 0.29) is 0 Å². The van der Waals surface area contributed by atoms with Crippen LogP contribution in [0, 0.1) is 0 Å². The first-order valence-electron chi connectivity index (χ1n) is 6.90. The fourth-order valence-corrected chi connectivity index (χ4v) is 3.25. The molecule has 2 atom stereocenters. The molecule has 2 fully saturated rings. The molecule has 0 aromatic heterocycles. The maximum absolute atomic E-state index is 5.58. The first kappa shape index (κ1) is 12.2. The first-order chi connectivity index (χ1) is 8.84. The predicted molar refractivity (Wildman–Crippen MR) is 72.2 cm³/mol. The number of hydrogen-bond donors (Lipinski definition) is 0. The second kappa shape index (κ2) is 5.39. The van der Waals surface area contributed by atoms with Crippen molar-refractivity contribution in [1.29, 1.82) is 0 Å². The minimum absolute atomic E-state index is 0.580. The van der Waals surface area contributed by atoms with E-state index in [0.29, 0.717) is 12.1 Å². The highest BCUT2D eigenvalue weighted by molar-refractivity contribution is 5.15. The lowest BCUT2D eigenvalue weighted by molar-refractivity contribution is 0.145. The van der Waals surface area contributed by atoms with Crippen molar-refractivity contribution in [3.63, 3.8) is 0 Å². The zero-order valence-corrected chi connectivity index (χ0v) is 11.1. The summed E-state index contributed by atoms with van der Waals surface area (Å²) in [5.41, 5.74) is 1.42. The maximum Gasteiger partial charge on any atom is 0.0992 e. The van der Waals surface area contributed by atoms with Crippen molar-refractivity contribution >= 4 is 0 Å². The zero-order valence-electron chi connectivity index (χ0n) is 11.1. The van der Waals surface area contributed by atoms with Gasteiger partial charge in [0.1, 0.15) is 0 Å². The number of likely N-dealkylation sites (tertiary alicyclic amines) is 1. The molecule has 3 rings (SSSR count). The third-order valence-electron chi connectivity index (χ3n) is 4.24. The van der Waals surface area contributed by atoms with Crippen LogP contribution >= 0.6 is 0 Å². The van der Waals surface area contributed by atoms with Crippen LogP contribution in [-0.2, 0) is 11.3 Å². The van der Waals surface area contributed by atoms with E-state index < -0.39 is 0 Å². The lowest BCUT2D eigenvalue weighted by Crippen LogP contribution is -2.45. The van der Waals surface area contributed by atoms with Crippen molar-refractivity contribution < 1.29 is 4.74 Å². The van der Waals surface area contributed by atoms with Gasteiger partial charge in [0.15, 0.2) is 0 Å². The standard InChI is InChI=1S/C15H22N2O/c1-16-12-18-11-15(16)14-8-5-9-17(14)10-13-6-3-2-4-7-13/h2-4,6-7,14-15H,5,8-12H2,1H3/t14-,15?/m1/s1. The number of likely N-dealkylation sites (N-methyl/N-ethyl adjacent to an activating group) is 1. The summed E-state index contributed by atoms with van der Waals surface area (Å²) in [7, 11) is 2.18. The van der Waals surface area contributed by atoms with Gasteiger partial charge in [-0.15, -0.1) is 0 Å².